The molecule has 0 aromatic carbocycles. The molecule has 1 aliphatic heterocycles. The second kappa shape index (κ2) is 7.40. The third kappa shape index (κ3) is 4.76. The normalized spacial score (nSPS) is 19.6. The first-order chi connectivity index (χ1) is 9.28. The van der Waals surface area contributed by atoms with Crippen molar-refractivity contribution in [2.45, 2.75) is 26.3 Å². The highest BCUT2D eigenvalue weighted by Crippen LogP contribution is 2.15. The summed E-state index contributed by atoms with van der Waals surface area (Å²) < 4.78 is 5.51. The van der Waals surface area contributed by atoms with Crippen molar-refractivity contribution in [2.75, 3.05) is 38.7 Å². The van der Waals surface area contributed by atoms with Crippen molar-refractivity contribution in [2.24, 2.45) is 5.92 Å². The van der Waals surface area contributed by atoms with Crippen molar-refractivity contribution in [3.63, 3.8) is 0 Å². The third-order valence-corrected chi connectivity index (χ3v) is 3.32. The lowest BCUT2D eigenvalue weighted by Crippen LogP contribution is -2.30. The predicted octanol–water partition coefficient (Wildman–Crippen LogP) is 1.77. The van der Waals surface area contributed by atoms with E-state index in [0.717, 1.165) is 44.4 Å². The molecule has 0 radical (unpaired) electrons. The SMILES string of the molecule is CCNc1cnc(CN(C)CC2CCCOC2)cn1. The molecule has 19 heavy (non-hydrogen) atoms. The molecule has 1 aromatic heterocycles. The molecule has 5 heteroatoms. The zero-order chi connectivity index (χ0) is 13.5. The topological polar surface area (TPSA) is 50.3 Å². The lowest BCUT2D eigenvalue weighted by molar-refractivity contribution is 0.0410. The Bertz CT molecular complexity index is 362. The van der Waals surface area contributed by atoms with Crippen LogP contribution < -0.4 is 5.32 Å². The smallest absolute Gasteiger partial charge is 0.144 e. The Morgan fingerprint density at radius 3 is 2.95 bits per heavy atom. The minimum absolute atomic E-state index is 0.660. The molecule has 0 saturated carbocycles. The monoisotopic (exact) mass is 264 g/mol. The Hall–Kier alpha value is -1.20. The van der Waals surface area contributed by atoms with Gasteiger partial charge in [-0.15, -0.1) is 0 Å². The zero-order valence-corrected chi connectivity index (χ0v) is 11.9. The summed E-state index contributed by atoms with van der Waals surface area (Å²) in [6, 6.07) is 0. The van der Waals surface area contributed by atoms with Crippen LogP contribution in [0.5, 0.6) is 0 Å². The standard InChI is InChI=1S/C14H24N4O/c1-3-15-14-8-16-13(7-17-14)10-18(2)9-12-5-4-6-19-11-12/h7-8,12H,3-6,9-11H2,1-2H3,(H,15,17). The summed E-state index contributed by atoms with van der Waals surface area (Å²) in [6.45, 7) is 6.66. The average molecular weight is 264 g/mol. The molecule has 0 bridgehead atoms. The maximum Gasteiger partial charge on any atom is 0.144 e. The first kappa shape index (κ1) is 14.2. The summed E-state index contributed by atoms with van der Waals surface area (Å²) in [6.07, 6.45) is 6.12. The number of anilines is 1. The Morgan fingerprint density at radius 1 is 1.42 bits per heavy atom. The van der Waals surface area contributed by atoms with E-state index < -0.39 is 0 Å². The summed E-state index contributed by atoms with van der Waals surface area (Å²) in [4.78, 5) is 11.1. The summed E-state index contributed by atoms with van der Waals surface area (Å²) in [7, 11) is 2.13. The van der Waals surface area contributed by atoms with E-state index >= 15 is 0 Å². The minimum Gasteiger partial charge on any atom is -0.381 e. The van der Waals surface area contributed by atoms with Gasteiger partial charge >= 0.3 is 0 Å². The van der Waals surface area contributed by atoms with E-state index in [1.54, 1.807) is 6.20 Å². The summed E-state index contributed by atoms with van der Waals surface area (Å²) >= 11 is 0. The van der Waals surface area contributed by atoms with Gasteiger partial charge in [-0.05, 0) is 32.7 Å². The van der Waals surface area contributed by atoms with E-state index in [1.165, 1.54) is 12.8 Å². The Balaban J connectivity index is 1.78. The predicted molar refractivity (Wildman–Crippen MR) is 76.1 cm³/mol. The molecule has 1 N–H and O–H groups in total. The van der Waals surface area contributed by atoms with Gasteiger partial charge in [0.05, 0.1) is 24.7 Å². The largest absolute Gasteiger partial charge is 0.381 e. The van der Waals surface area contributed by atoms with Gasteiger partial charge in [-0.25, -0.2) is 4.98 Å². The zero-order valence-electron chi connectivity index (χ0n) is 11.9. The fourth-order valence-corrected chi connectivity index (χ4v) is 2.44. The van der Waals surface area contributed by atoms with E-state index in [1.807, 2.05) is 6.20 Å². The van der Waals surface area contributed by atoms with Gasteiger partial charge in [-0.1, -0.05) is 0 Å². The summed E-state index contributed by atoms with van der Waals surface area (Å²) in [5, 5.41) is 3.15. The molecule has 1 atom stereocenters. The minimum atomic E-state index is 0.660. The molecule has 0 amide bonds. The fourth-order valence-electron chi connectivity index (χ4n) is 2.44. The van der Waals surface area contributed by atoms with Gasteiger partial charge < -0.3 is 15.0 Å². The van der Waals surface area contributed by atoms with Crippen molar-refractivity contribution >= 4 is 5.82 Å². The molecule has 2 rings (SSSR count). The van der Waals surface area contributed by atoms with Crippen LogP contribution in [0.15, 0.2) is 12.4 Å². The van der Waals surface area contributed by atoms with Crippen LogP contribution in [0.1, 0.15) is 25.5 Å². The molecule has 5 nitrogen and oxygen atoms in total. The van der Waals surface area contributed by atoms with Crippen molar-refractivity contribution < 1.29 is 4.74 Å². The quantitative estimate of drug-likeness (QED) is 0.848. The molecule has 1 saturated heterocycles. The average Bonchev–Trinajstić information content (AvgIpc) is 2.42. The van der Waals surface area contributed by atoms with Crippen LogP contribution in [0, 0.1) is 5.92 Å². The lowest BCUT2D eigenvalue weighted by Gasteiger charge is -2.26. The molecule has 1 fully saturated rings. The van der Waals surface area contributed by atoms with Crippen molar-refractivity contribution in [1.29, 1.82) is 0 Å². The third-order valence-electron chi connectivity index (χ3n) is 3.32. The van der Waals surface area contributed by atoms with E-state index in [4.69, 9.17) is 4.74 Å². The second-order valence-corrected chi connectivity index (χ2v) is 5.20. The van der Waals surface area contributed by atoms with Crippen LogP contribution in [0.25, 0.3) is 0 Å². The number of ether oxygens (including phenoxy) is 1. The number of aromatic nitrogens is 2. The van der Waals surface area contributed by atoms with Gasteiger partial charge in [-0.3, -0.25) is 4.98 Å². The van der Waals surface area contributed by atoms with Crippen LogP contribution >= 0.6 is 0 Å². The molecule has 1 aliphatic rings. The van der Waals surface area contributed by atoms with Gasteiger partial charge in [0.25, 0.3) is 0 Å². The highest BCUT2D eigenvalue weighted by Gasteiger charge is 2.16. The van der Waals surface area contributed by atoms with Gasteiger partial charge in [0, 0.05) is 26.2 Å². The number of nitrogens with zero attached hydrogens (tertiary/aromatic N) is 3. The van der Waals surface area contributed by atoms with E-state index in [0.29, 0.717) is 5.92 Å². The van der Waals surface area contributed by atoms with Crippen LogP contribution in [-0.2, 0) is 11.3 Å². The van der Waals surface area contributed by atoms with E-state index in [-0.39, 0.29) is 0 Å². The Morgan fingerprint density at radius 2 is 2.32 bits per heavy atom. The van der Waals surface area contributed by atoms with Crippen molar-refractivity contribution in [3.05, 3.63) is 18.1 Å². The Labute approximate surface area is 115 Å². The maximum absolute atomic E-state index is 5.51. The number of rotatable bonds is 6. The summed E-state index contributed by atoms with van der Waals surface area (Å²) in [5.41, 5.74) is 1.01. The number of hydrogen-bond donors (Lipinski definition) is 1. The second-order valence-electron chi connectivity index (χ2n) is 5.20. The highest BCUT2D eigenvalue weighted by molar-refractivity contribution is 5.30. The van der Waals surface area contributed by atoms with Gasteiger partial charge in [0.2, 0.25) is 0 Å². The number of nitrogens with one attached hydrogen (secondary N) is 1. The van der Waals surface area contributed by atoms with Crippen molar-refractivity contribution in [3.8, 4) is 0 Å². The molecular formula is C14H24N4O. The van der Waals surface area contributed by atoms with Crippen LogP contribution in [0.4, 0.5) is 5.82 Å². The lowest BCUT2D eigenvalue weighted by atomic mass is 10.0. The van der Waals surface area contributed by atoms with Gasteiger partial charge in [0.1, 0.15) is 5.82 Å². The highest BCUT2D eigenvalue weighted by atomic mass is 16.5. The van der Waals surface area contributed by atoms with Crippen LogP contribution in [0.3, 0.4) is 0 Å². The van der Waals surface area contributed by atoms with E-state index in [9.17, 15) is 0 Å². The molecular weight excluding hydrogens is 240 g/mol. The molecule has 1 unspecified atom stereocenters. The fraction of sp³-hybridized carbons (Fsp3) is 0.714. The van der Waals surface area contributed by atoms with Crippen LogP contribution in [-0.4, -0.2) is 48.2 Å². The first-order valence-corrected chi connectivity index (χ1v) is 7.09. The Kier molecular flexibility index (Phi) is 5.54. The van der Waals surface area contributed by atoms with Gasteiger partial charge in [-0.2, -0.15) is 0 Å². The van der Waals surface area contributed by atoms with Crippen LogP contribution in [0.2, 0.25) is 0 Å². The maximum atomic E-state index is 5.51. The van der Waals surface area contributed by atoms with Crippen molar-refractivity contribution in [1.82, 2.24) is 14.9 Å². The molecule has 106 valence electrons. The molecule has 2 heterocycles. The molecule has 0 spiro atoms. The first-order valence-electron chi connectivity index (χ1n) is 7.09. The summed E-state index contributed by atoms with van der Waals surface area (Å²) in [5.74, 6) is 1.50. The van der Waals surface area contributed by atoms with Gasteiger partial charge in [0.15, 0.2) is 0 Å². The molecule has 1 aromatic rings. The number of hydrogen-bond acceptors (Lipinski definition) is 5. The molecule has 0 aliphatic carbocycles. The van der Waals surface area contributed by atoms with E-state index in [2.05, 4.69) is 34.2 Å².